The average Bonchev–Trinajstić information content (AvgIpc) is 1.35. The van der Waals surface area contributed by atoms with Gasteiger partial charge in [0.15, 0.2) is 0 Å². The molecule has 0 aromatic heterocycles. The van der Waals surface area contributed by atoms with Crippen LogP contribution in [0.15, 0.2) is 36.4 Å². The summed E-state index contributed by atoms with van der Waals surface area (Å²) in [7, 11) is 0. The van der Waals surface area contributed by atoms with Gasteiger partial charge in [0, 0.05) is 5.69 Å². The van der Waals surface area contributed by atoms with E-state index in [0.29, 0.717) is 12.3 Å². The number of hydrogen-bond donors (Lipinski definition) is 1. The number of carbonyl (C=O) groups is 1. The molecule has 0 atom stereocenters. The average molecular weight is 1070 g/mol. The first-order chi connectivity index (χ1) is 42.0. The highest BCUT2D eigenvalue weighted by atomic mass is 16.3. The van der Waals surface area contributed by atoms with Gasteiger partial charge in [-0.15, -0.1) is 0 Å². The normalized spacial score (nSPS) is 23.0. The van der Waals surface area contributed by atoms with Crippen LogP contribution in [0, 0.1) is 0 Å². The molecule has 30 aromatic rings. The maximum Gasteiger partial charge on any atom is 0.240 e. The van der Waals surface area contributed by atoms with E-state index in [2.05, 4.69) is 82.8 Å². The molecule has 0 radical (unpaired) electrons. The predicted octanol–water partition coefficient (Wildman–Crippen LogP) is 21.1. The van der Waals surface area contributed by atoms with Crippen LogP contribution in [0.3, 0.4) is 0 Å². The molecule has 1 aliphatic heterocycles. The second-order valence-electron chi connectivity index (χ2n) is 32.9. The van der Waals surface area contributed by atoms with Gasteiger partial charge in [-0.1, -0.05) is 59.7 Å². The lowest BCUT2D eigenvalue weighted by Crippen LogP contribution is -2.37. The molecule has 1 N–H and O–H groups in total. The Morgan fingerprint density at radius 2 is 0.523 bits per heavy atom. The van der Waals surface area contributed by atoms with Crippen LogP contribution in [0.25, 0.3) is 291 Å². The zero-order valence-corrected chi connectivity index (χ0v) is 46.5. The van der Waals surface area contributed by atoms with Gasteiger partial charge in [-0.05, 0) is 364 Å². The van der Waals surface area contributed by atoms with E-state index in [1.54, 1.807) is 270 Å². The topological polar surface area (TPSA) is 40.5 Å². The van der Waals surface area contributed by atoms with E-state index in [4.69, 9.17) is 0 Å². The van der Waals surface area contributed by atoms with Crippen molar-refractivity contribution in [3.05, 3.63) is 80.9 Å². The van der Waals surface area contributed by atoms with Crippen LogP contribution in [0.1, 0.15) is 86.1 Å². The third-order valence-corrected chi connectivity index (χ3v) is 29.7. The summed E-state index contributed by atoms with van der Waals surface area (Å²) in [5, 5.41) is 97.4. The Morgan fingerprint density at radius 1 is 0.314 bits per heavy atom. The molecule has 5 aliphatic carbocycles. The van der Waals surface area contributed by atoms with E-state index in [1.165, 1.54) is 48.7 Å². The van der Waals surface area contributed by atoms with E-state index < -0.39 is 16.2 Å². The molecule has 86 heavy (non-hydrogen) atoms. The molecular formula is C83H27NO2. The van der Waals surface area contributed by atoms with Gasteiger partial charge in [0.1, 0.15) is 11.2 Å². The van der Waals surface area contributed by atoms with Gasteiger partial charge < -0.3 is 10.0 Å². The molecule has 6 aliphatic rings. The van der Waals surface area contributed by atoms with E-state index in [0.717, 1.165) is 22.4 Å². The van der Waals surface area contributed by atoms with E-state index >= 15 is 4.79 Å². The minimum absolute atomic E-state index is 0.288. The monoisotopic (exact) mass is 1070 g/mol. The van der Waals surface area contributed by atoms with Gasteiger partial charge in [-0.2, -0.15) is 0 Å². The van der Waals surface area contributed by atoms with Crippen molar-refractivity contribution >= 4 is 302 Å². The number of benzene rings is 20. The quantitative estimate of drug-likeness (QED) is 0.175. The van der Waals surface area contributed by atoms with Crippen LogP contribution in [0.5, 0.6) is 5.75 Å². The van der Waals surface area contributed by atoms with E-state index in [-0.39, 0.29) is 16.7 Å². The summed E-state index contributed by atoms with van der Waals surface area (Å²) in [5.74, 6) is 0.679. The second-order valence-corrected chi connectivity index (χ2v) is 32.9. The number of para-hydroxylation sites is 1. The zero-order valence-electron chi connectivity index (χ0n) is 46.5. The van der Waals surface area contributed by atoms with Gasteiger partial charge in [0.05, 0.1) is 17.4 Å². The highest BCUT2D eigenvalue weighted by Crippen LogP contribution is 2.97. The van der Waals surface area contributed by atoms with Crippen molar-refractivity contribution in [2.75, 3.05) is 4.90 Å². The SMILES string of the molecule is CC(C)(C)c1cc(CN2C(=O)C3(c4ccccc42)C24c5c6c7c8c9c%10c(c%11c%12c2c2c5c5c%13c6c6c7c7c9c9c%14c%10c%10c%11c%11c%12c%12c2c2c5c5c%13c%13c6c6c7c9c7c9c%14c%10c%10c%11c%11c%12c2c2c5c5c%13c6c7c6c9c%10c%11c2c56)C834)cc(C(C)(C)C)c1O. The van der Waals surface area contributed by atoms with Crippen molar-refractivity contribution in [1.82, 2.24) is 0 Å². The number of carbonyl (C=O) groups excluding carboxylic acids is 1. The third kappa shape index (κ3) is 2.03. The number of amides is 1. The van der Waals surface area contributed by atoms with Crippen molar-refractivity contribution in [3.63, 3.8) is 0 Å². The number of nitrogens with zero attached hydrogens (tertiary/aromatic N) is 1. The summed E-state index contributed by atoms with van der Waals surface area (Å²) in [4.78, 5) is 20.9. The Morgan fingerprint density at radius 3 is 0.744 bits per heavy atom. The summed E-state index contributed by atoms with van der Waals surface area (Å²) in [6.45, 7) is 13.8. The second kappa shape index (κ2) is 8.16. The predicted molar refractivity (Wildman–Crippen MR) is 359 cm³/mol. The van der Waals surface area contributed by atoms with E-state index in [1.807, 2.05) is 0 Å². The largest absolute Gasteiger partial charge is 0.507 e. The Bertz CT molecular complexity index is 7800. The standard InChI is InChI=1S/C83H27NO2/c1-79(2,3)16-11-14(12-17(77(16)85)80(4,5)6)13-84-18-10-8-7-9-15(18)81(78(84)86)82-73-65-57-47-37-29-21-19-20-23-27-25(21)33-41-35(27)45-39-31(23)32-24(20)28-26-22(19)30(29)38-44-34(26)42-36(28)46-40(32)50-49(39)59-53(45)63-55(41)61(51(57)43(33)37)69(73)71(63)75-67(59)68-60(50)54(46)64-56(42)62-52(44)58(48(38)47)66(65)74(82)70(62)72(64)76(68)83(75,81)82/h7-12,85H,13H2,1-6H3. The maximum atomic E-state index is 18.5. The molecular weight excluding hydrogens is 1040 g/mol. The minimum Gasteiger partial charge on any atom is -0.507 e. The molecule has 1 fully saturated rings. The van der Waals surface area contributed by atoms with Crippen molar-refractivity contribution < 1.29 is 9.90 Å². The van der Waals surface area contributed by atoms with Crippen LogP contribution in [-0.2, 0) is 38.4 Å². The Hall–Kier alpha value is -9.83. The first-order valence-corrected chi connectivity index (χ1v) is 32.0. The summed E-state index contributed by atoms with van der Waals surface area (Å²) in [6.07, 6.45) is 0. The fourth-order valence-electron chi connectivity index (χ4n) is 29.0. The van der Waals surface area contributed by atoms with Crippen LogP contribution in [0.2, 0.25) is 0 Å². The van der Waals surface area contributed by atoms with Gasteiger partial charge in [-0.3, -0.25) is 4.79 Å². The fourth-order valence-corrected chi connectivity index (χ4v) is 29.0. The van der Waals surface area contributed by atoms with Gasteiger partial charge >= 0.3 is 0 Å². The summed E-state index contributed by atoms with van der Waals surface area (Å²) >= 11 is 0. The number of hydrogen-bond acceptors (Lipinski definition) is 2. The van der Waals surface area contributed by atoms with Gasteiger partial charge in [-0.25, -0.2) is 0 Å². The molecule has 1 amide bonds. The first kappa shape index (κ1) is 35.5. The maximum absolute atomic E-state index is 18.5. The van der Waals surface area contributed by atoms with Crippen LogP contribution in [0.4, 0.5) is 5.69 Å². The summed E-state index contributed by atoms with van der Waals surface area (Å²) in [5.41, 5.74) is 8.50. The Balaban J connectivity index is 0.923. The smallest absolute Gasteiger partial charge is 0.240 e. The number of fused-ring (bicyclic) bond motifs is 2. The fraction of sp³-hybridized carbons (Fsp3) is 0.145. The van der Waals surface area contributed by atoms with Crippen LogP contribution < -0.4 is 4.90 Å². The number of phenolic OH excluding ortho intramolecular Hbond substituents is 1. The molecule has 0 saturated heterocycles. The van der Waals surface area contributed by atoms with Crippen LogP contribution >= 0.6 is 0 Å². The minimum atomic E-state index is -0.975. The van der Waals surface area contributed by atoms with Crippen molar-refractivity contribution in [3.8, 4) is 5.75 Å². The van der Waals surface area contributed by atoms with Crippen molar-refractivity contribution in [2.24, 2.45) is 0 Å². The lowest BCUT2D eigenvalue weighted by molar-refractivity contribution is -0.121. The van der Waals surface area contributed by atoms with Crippen molar-refractivity contribution in [1.29, 1.82) is 0 Å². The highest BCUT2D eigenvalue weighted by Gasteiger charge is 2.99. The Labute approximate surface area is 476 Å². The molecule has 30 aromatic carbocycles. The molecule has 3 spiro atoms. The van der Waals surface area contributed by atoms with E-state index in [9.17, 15) is 5.11 Å². The van der Waals surface area contributed by atoms with Gasteiger partial charge in [0.2, 0.25) is 5.91 Å². The third-order valence-electron chi connectivity index (χ3n) is 29.7. The molecule has 3 nitrogen and oxygen atoms in total. The van der Waals surface area contributed by atoms with Gasteiger partial charge in [0.25, 0.3) is 0 Å². The number of aromatic hydroxyl groups is 1. The molecule has 3 heteroatoms. The number of anilines is 1. The summed E-state index contributed by atoms with van der Waals surface area (Å²) < 4.78 is 0. The number of rotatable bonds is 2. The zero-order chi connectivity index (χ0) is 53.6. The molecule has 1 saturated carbocycles. The lowest BCUT2D eigenvalue weighted by atomic mass is 9.68. The molecule has 376 valence electrons. The number of phenols is 1. The highest BCUT2D eigenvalue weighted by molar-refractivity contribution is 6.82. The summed E-state index contributed by atoms with van der Waals surface area (Å²) in [6, 6.07) is 13.8. The van der Waals surface area contributed by atoms with Crippen LogP contribution in [-0.4, -0.2) is 11.0 Å². The lowest BCUT2D eigenvalue weighted by Gasteiger charge is -2.32. The molecule has 0 unspecified atom stereocenters. The molecule has 0 bridgehead atoms. The van der Waals surface area contributed by atoms with Crippen molar-refractivity contribution in [2.45, 2.75) is 75.2 Å². The molecule has 36 rings (SSSR count). The first-order valence-electron chi connectivity index (χ1n) is 32.0. The molecule has 1 heterocycles. The Kier molecular flexibility index (Phi) is 3.36.